The van der Waals surface area contributed by atoms with Crippen LogP contribution in [0.1, 0.15) is 18.4 Å². The Bertz CT molecular complexity index is 389. The normalized spacial score (nSPS) is 11.9. The molecule has 5 heteroatoms. The molecule has 4 nitrogen and oxygen atoms in total. The molecule has 0 aromatic heterocycles. The lowest BCUT2D eigenvalue weighted by atomic mass is 9.99. The summed E-state index contributed by atoms with van der Waals surface area (Å²) in [7, 11) is 0. The van der Waals surface area contributed by atoms with Gasteiger partial charge in [0.2, 0.25) is 5.91 Å². The number of nitrogens with one attached hydrogen (secondary N) is 1. The molecule has 0 bridgehead atoms. The number of rotatable bonds is 4. The predicted molar refractivity (Wildman–Crippen MR) is 55.5 cm³/mol. The van der Waals surface area contributed by atoms with Gasteiger partial charge in [0, 0.05) is 13.5 Å². The summed E-state index contributed by atoms with van der Waals surface area (Å²) in [5, 5.41) is 11.4. The molecule has 1 amide bonds. The van der Waals surface area contributed by atoms with E-state index >= 15 is 0 Å². The fourth-order valence-electron chi connectivity index (χ4n) is 1.29. The molecule has 1 aromatic carbocycles. The number of amides is 1. The van der Waals surface area contributed by atoms with E-state index in [0.29, 0.717) is 5.56 Å². The summed E-state index contributed by atoms with van der Waals surface area (Å²) in [4.78, 5) is 21.6. The molecule has 1 aromatic rings. The number of aliphatic carboxylic acids is 1. The maximum atomic E-state index is 12.6. The van der Waals surface area contributed by atoms with Gasteiger partial charge < -0.3 is 10.4 Å². The molecule has 0 saturated carbocycles. The summed E-state index contributed by atoms with van der Waals surface area (Å²) in [6, 6.07) is 5.18. The molecule has 1 unspecified atom stereocenters. The van der Waals surface area contributed by atoms with Crippen LogP contribution in [-0.2, 0) is 9.59 Å². The lowest BCUT2D eigenvalue weighted by Crippen LogP contribution is -2.29. The Morgan fingerprint density at radius 2 is 1.94 bits per heavy atom. The van der Waals surface area contributed by atoms with Gasteiger partial charge in [-0.2, -0.15) is 0 Å². The van der Waals surface area contributed by atoms with Crippen LogP contribution in [0.4, 0.5) is 4.39 Å². The van der Waals surface area contributed by atoms with E-state index in [1.807, 2.05) is 0 Å². The lowest BCUT2D eigenvalue weighted by Gasteiger charge is -2.12. The van der Waals surface area contributed by atoms with Crippen LogP contribution >= 0.6 is 0 Å². The van der Waals surface area contributed by atoms with Gasteiger partial charge in [0.1, 0.15) is 5.82 Å². The number of carbonyl (C=O) groups is 2. The van der Waals surface area contributed by atoms with Gasteiger partial charge in [0.25, 0.3) is 0 Å². The van der Waals surface area contributed by atoms with Crippen molar-refractivity contribution in [2.24, 2.45) is 0 Å². The number of carboxylic acids is 1. The molecule has 1 rings (SSSR count). The van der Waals surface area contributed by atoms with Gasteiger partial charge in [-0.15, -0.1) is 0 Å². The second-order valence-electron chi connectivity index (χ2n) is 3.38. The Kier molecular flexibility index (Phi) is 3.99. The first kappa shape index (κ1) is 12.2. The van der Waals surface area contributed by atoms with E-state index in [4.69, 9.17) is 5.11 Å². The molecule has 2 N–H and O–H groups in total. The summed E-state index contributed by atoms with van der Waals surface area (Å²) in [6.07, 6.45) is 0. The van der Waals surface area contributed by atoms with Crippen molar-refractivity contribution in [1.29, 1.82) is 0 Å². The van der Waals surface area contributed by atoms with Gasteiger partial charge >= 0.3 is 5.97 Å². The number of halogens is 1. The molecule has 0 saturated heterocycles. The largest absolute Gasteiger partial charge is 0.481 e. The van der Waals surface area contributed by atoms with Crippen LogP contribution in [0.3, 0.4) is 0 Å². The summed E-state index contributed by atoms with van der Waals surface area (Å²) in [5.41, 5.74) is 0.461. The molecule has 16 heavy (non-hydrogen) atoms. The Morgan fingerprint density at radius 3 is 2.38 bits per heavy atom. The molecule has 0 radical (unpaired) electrons. The van der Waals surface area contributed by atoms with Crippen molar-refractivity contribution in [2.45, 2.75) is 12.8 Å². The van der Waals surface area contributed by atoms with Gasteiger partial charge in [-0.1, -0.05) is 12.1 Å². The average Bonchev–Trinajstić information content (AvgIpc) is 2.20. The van der Waals surface area contributed by atoms with E-state index in [1.54, 1.807) is 0 Å². The SMILES string of the molecule is CC(=O)NCC(C(=O)O)c1ccc(F)cc1. The minimum absolute atomic E-state index is 0.00367. The van der Waals surface area contributed by atoms with E-state index in [0.717, 1.165) is 0 Å². The average molecular weight is 225 g/mol. The zero-order valence-electron chi connectivity index (χ0n) is 8.74. The molecular weight excluding hydrogens is 213 g/mol. The van der Waals surface area contributed by atoms with Gasteiger partial charge in [0.05, 0.1) is 5.92 Å². The first-order chi connectivity index (χ1) is 7.50. The van der Waals surface area contributed by atoms with E-state index < -0.39 is 17.7 Å². The van der Waals surface area contributed by atoms with Crippen LogP contribution in [0.5, 0.6) is 0 Å². The summed E-state index contributed by atoms with van der Waals surface area (Å²) in [6.45, 7) is 1.31. The Balaban J connectivity index is 2.81. The molecule has 0 aliphatic carbocycles. The third kappa shape index (κ3) is 3.34. The van der Waals surface area contributed by atoms with Gasteiger partial charge in [-0.3, -0.25) is 9.59 Å². The fraction of sp³-hybridized carbons (Fsp3) is 0.273. The van der Waals surface area contributed by atoms with E-state index in [-0.39, 0.29) is 12.5 Å². The van der Waals surface area contributed by atoms with E-state index in [9.17, 15) is 14.0 Å². The van der Waals surface area contributed by atoms with Crippen LogP contribution in [0.15, 0.2) is 24.3 Å². The summed E-state index contributed by atoms with van der Waals surface area (Å²) < 4.78 is 12.6. The Hall–Kier alpha value is -1.91. The maximum absolute atomic E-state index is 12.6. The summed E-state index contributed by atoms with van der Waals surface area (Å²) >= 11 is 0. The monoisotopic (exact) mass is 225 g/mol. The molecule has 0 aliphatic heterocycles. The quantitative estimate of drug-likeness (QED) is 0.807. The number of carboxylic acid groups (broad SMARTS) is 1. The van der Waals surface area contributed by atoms with Crippen molar-refractivity contribution in [2.75, 3.05) is 6.54 Å². The van der Waals surface area contributed by atoms with Crippen molar-refractivity contribution in [3.63, 3.8) is 0 Å². The van der Waals surface area contributed by atoms with Crippen molar-refractivity contribution < 1.29 is 19.1 Å². The smallest absolute Gasteiger partial charge is 0.312 e. The van der Waals surface area contributed by atoms with E-state index in [2.05, 4.69) is 5.32 Å². The van der Waals surface area contributed by atoms with Crippen molar-refractivity contribution in [3.05, 3.63) is 35.6 Å². The van der Waals surface area contributed by atoms with Gasteiger partial charge in [0.15, 0.2) is 0 Å². The highest BCUT2D eigenvalue weighted by Crippen LogP contribution is 2.15. The second-order valence-corrected chi connectivity index (χ2v) is 3.38. The van der Waals surface area contributed by atoms with Crippen molar-refractivity contribution in [3.8, 4) is 0 Å². The zero-order chi connectivity index (χ0) is 12.1. The first-order valence-corrected chi connectivity index (χ1v) is 4.73. The topological polar surface area (TPSA) is 66.4 Å². The van der Waals surface area contributed by atoms with Gasteiger partial charge in [-0.25, -0.2) is 4.39 Å². The fourth-order valence-corrected chi connectivity index (χ4v) is 1.29. The minimum atomic E-state index is -1.06. The van der Waals surface area contributed by atoms with Crippen LogP contribution in [0.25, 0.3) is 0 Å². The predicted octanol–water partition coefficient (Wildman–Crippen LogP) is 1.13. The second kappa shape index (κ2) is 5.25. The lowest BCUT2D eigenvalue weighted by molar-refractivity contribution is -0.138. The summed E-state index contributed by atoms with van der Waals surface area (Å²) in [5.74, 6) is -2.63. The third-order valence-corrected chi connectivity index (χ3v) is 2.13. The zero-order valence-corrected chi connectivity index (χ0v) is 8.74. The van der Waals surface area contributed by atoms with Crippen LogP contribution in [0.2, 0.25) is 0 Å². The standard InChI is InChI=1S/C11H12FNO3/c1-7(14)13-6-10(11(15)16)8-2-4-9(12)5-3-8/h2-5,10H,6H2,1H3,(H,13,14)(H,15,16). The molecule has 0 heterocycles. The van der Waals surface area contributed by atoms with Gasteiger partial charge in [-0.05, 0) is 17.7 Å². The molecule has 0 aliphatic rings. The third-order valence-electron chi connectivity index (χ3n) is 2.13. The molecule has 1 atom stereocenters. The Labute approximate surface area is 92.1 Å². The molecule has 0 fully saturated rings. The van der Waals surface area contributed by atoms with Crippen molar-refractivity contribution >= 4 is 11.9 Å². The first-order valence-electron chi connectivity index (χ1n) is 4.73. The molecular formula is C11H12FNO3. The number of carbonyl (C=O) groups excluding carboxylic acids is 1. The number of hydrogen-bond acceptors (Lipinski definition) is 2. The van der Waals surface area contributed by atoms with Crippen molar-refractivity contribution in [1.82, 2.24) is 5.32 Å². The highest BCUT2D eigenvalue weighted by atomic mass is 19.1. The highest BCUT2D eigenvalue weighted by molar-refractivity contribution is 5.78. The van der Waals surface area contributed by atoms with Crippen LogP contribution in [0, 0.1) is 5.82 Å². The molecule has 0 spiro atoms. The van der Waals surface area contributed by atoms with Crippen LogP contribution in [-0.4, -0.2) is 23.5 Å². The number of benzene rings is 1. The molecule has 86 valence electrons. The minimum Gasteiger partial charge on any atom is -0.481 e. The highest BCUT2D eigenvalue weighted by Gasteiger charge is 2.19. The van der Waals surface area contributed by atoms with E-state index in [1.165, 1.54) is 31.2 Å². The number of hydrogen-bond donors (Lipinski definition) is 2. The van der Waals surface area contributed by atoms with Crippen LogP contribution < -0.4 is 5.32 Å². The Morgan fingerprint density at radius 1 is 1.38 bits per heavy atom. The maximum Gasteiger partial charge on any atom is 0.312 e.